The zero-order valence-corrected chi connectivity index (χ0v) is 16.8. The van der Waals surface area contributed by atoms with Crippen molar-refractivity contribution in [1.29, 1.82) is 0 Å². The molecule has 0 bridgehead atoms. The molecule has 3 rings (SSSR count). The molecule has 0 radical (unpaired) electrons. The van der Waals surface area contributed by atoms with Gasteiger partial charge in [0.1, 0.15) is 17.2 Å². The van der Waals surface area contributed by atoms with Crippen LogP contribution >= 0.6 is 0 Å². The maximum atomic E-state index is 12.5. The predicted octanol–water partition coefficient (Wildman–Crippen LogP) is 3.86. The van der Waals surface area contributed by atoms with Gasteiger partial charge < -0.3 is 19.5 Å². The van der Waals surface area contributed by atoms with Crippen LogP contribution in [0.1, 0.15) is 28.5 Å². The van der Waals surface area contributed by atoms with E-state index in [9.17, 15) is 4.79 Å². The van der Waals surface area contributed by atoms with Crippen molar-refractivity contribution in [3.8, 4) is 17.2 Å². The number of nitrogens with one attached hydrogen (secondary N) is 2. The second-order valence-electron chi connectivity index (χ2n) is 6.41. The molecule has 7 heteroatoms. The van der Waals surface area contributed by atoms with E-state index in [4.69, 9.17) is 14.2 Å². The Morgan fingerprint density at radius 3 is 2.45 bits per heavy atom. The van der Waals surface area contributed by atoms with Crippen molar-refractivity contribution in [1.82, 2.24) is 10.2 Å². The van der Waals surface area contributed by atoms with Gasteiger partial charge >= 0.3 is 0 Å². The normalized spacial score (nSPS) is 10.4. The van der Waals surface area contributed by atoms with Crippen LogP contribution in [0.5, 0.6) is 17.2 Å². The number of hydrogen-bond donors (Lipinski definition) is 2. The van der Waals surface area contributed by atoms with Crippen LogP contribution in [-0.4, -0.2) is 36.9 Å². The summed E-state index contributed by atoms with van der Waals surface area (Å²) >= 11 is 0. The number of hydrogen-bond acceptors (Lipinski definition) is 5. The number of benzene rings is 2. The standard InChI is InChI=1S/C22H25N3O4/c1-4-29-18-7-5-6-16(12-18)22(26)23-21-13-17(24-25-21)9-8-15-10-19(27-2)14-20(11-15)28-3/h5-7,10-14H,4,8-9H2,1-3H3,(H2,23,24,25,26). The summed E-state index contributed by atoms with van der Waals surface area (Å²) in [6.07, 6.45) is 1.51. The highest BCUT2D eigenvalue weighted by molar-refractivity contribution is 6.04. The average Bonchev–Trinajstić information content (AvgIpc) is 3.19. The van der Waals surface area contributed by atoms with Gasteiger partial charge in [-0.2, -0.15) is 5.10 Å². The molecule has 0 aliphatic rings. The van der Waals surface area contributed by atoms with Crippen LogP contribution in [0, 0.1) is 0 Å². The molecular weight excluding hydrogens is 370 g/mol. The number of carbonyl (C=O) groups is 1. The molecule has 2 N–H and O–H groups in total. The maximum Gasteiger partial charge on any atom is 0.256 e. The molecule has 0 saturated carbocycles. The molecule has 1 amide bonds. The van der Waals surface area contributed by atoms with Crippen LogP contribution in [0.3, 0.4) is 0 Å². The minimum absolute atomic E-state index is 0.234. The number of H-pyrrole nitrogens is 1. The van der Waals surface area contributed by atoms with Crippen molar-refractivity contribution in [3.63, 3.8) is 0 Å². The predicted molar refractivity (Wildman–Crippen MR) is 111 cm³/mol. The van der Waals surface area contributed by atoms with Gasteiger partial charge in [0.15, 0.2) is 5.82 Å². The van der Waals surface area contributed by atoms with Gasteiger partial charge in [-0.1, -0.05) is 6.07 Å². The molecule has 0 spiro atoms. The number of ether oxygens (including phenoxy) is 3. The zero-order chi connectivity index (χ0) is 20.6. The van der Waals surface area contributed by atoms with Crippen LogP contribution in [-0.2, 0) is 12.8 Å². The summed E-state index contributed by atoms with van der Waals surface area (Å²) in [7, 11) is 3.26. The van der Waals surface area contributed by atoms with Crippen molar-refractivity contribution < 1.29 is 19.0 Å². The van der Waals surface area contributed by atoms with Crippen molar-refractivity contribution >= 4 is 11.7 Å². The van der Waals surface area contributed by atoms with Gasteiger partial charge in [-0.25, -0.2) is 0 Å². The number of carbonyl (C=O) groups excluding carboxylic acids is 1. The molecule has 0 unspecified atom stereocenters. The quantitative estimate of drug-likeness (QED) is 0.575. The highest BCUT2D eigenvalue weighted by Crippen LogP contribution is 2.23. The zero-order valence-electron chi connectivity index (χ0n) is 16.8. The molecule has 0 saturated heterocycles. The molecule has 0 aliphatic carbocycles. The van der Waals surface area contributed by atoms with Crippen molar-refractivity contribution in [3.05, 3.63) is 65.4 Å². The Balaban J connectivity index is 1.61. The van der Waals surface area contributed by atoms with Gasteiger partial charge in [0.25, 0.3) is 5.91 Å². The summed E-state index contributed by atoms with van der Waals surface area (Å²) in [5.41, 5.74) is 2.53. The lowest BCUT2D eigenvalue weighted by atomic mass is 10.1. The number of methoxy groups -OCH3 is 2. The second kappa shape index (κ2) is 9.64. The van der Waals surface area contributed by atoms with Gasteiger partial charge in [-0.15, -0.1) is 0 Å². The number of nitrogens with zero attached hydrogens (tertiary/aromatic N) is 1. The van der Waals surface area contributed by atoms with E-state index in [2.05, 4.69) is 15.5 Å². The fourth-order valence-electron chi connectivity index (χ4n) is 2.93. The van der Waals surface area contributed by atoms with Crippen LogP contribution in [0.25, 0.3) is 0 Å². The van der Waals surface area contributed by atoms with Gasteiger partial charge in [-0.05, 0) is 55.7 Å². The number of aryl methyl sites for hydroxylation is 2. The SMILES string of the molecule is CCOc1cccc(C(=O)Nc2cc(CCc3cc(OC)cc(OC)c3)[nH]n2)c1. The van der Waals surface area contributed by atoms with Crippen molar-refractivity contribution in [2.45, 2.75) is 19.8 Å². The first kappa shape index (κ1) is 20.3. The van der Waals surface area contributed by atoms with E-state index in [1.165, 1.54) is 0 Å². The Bertz CT molecular complexity index is 946. The van der Waals surface area contributed by atoms with Gasteiger partial charge in [0, 0.05) is 23.4 Å². The minimum atomic E-state index is -0.234. The first-order valence-electron chi connectivity index (χ1n) is 9.41. The summed E-state index contributed by atoms with van der Waals surface area (Å²) in [4.78, 5) is 12.5. The number of rotatable bonds is 9. The Hall–Kier alpha value is -3.48. The summed E-state index contributed by atoms with van der Waals surface area (Å²) in [5, 5.41) is 9.96. The lowest BCUT2D eigenvalue weighted by Crippen LogP contribution is -2.12. The summed E-state index contributed by atoms with van der Waals surface area (Å²) in [6.45, 7) is 2.45. The molecule has 29 heavy (non-hydrogen) atoms. The fraction of sp³-hybridized carbons (Fsp3) is 0.273. The molecule has 3 aromatic rings. The first-order chi connectivity index (χ1) is 14.1. The van der Waals surface area contributed by atoms with E-state index in [0.717, 1.165) is 35.6 Å². The third kappa shape index (κ3) is 5.51. The Morgan fingerprint density at radius 2 is 1.76 bits per heavy atom. The van der Waals surface area contributed by atoms with Gasteiger partial charge in [0.2, 0.25) is 0 Å². The van der Waals surface area contributed by atoms with Crippen LogP contribution in [0.15, 0.2) is 48.5 Å². The lowest BCUT2D eigenvalue weighted by Gasteiger charge is -2.08. The Kier molecular flexibility index (Phi) is 6.73. The smallest absolute Gasteiger partial charge is 0.256 e. The molecule has 1 heterocycles. The third-order valence-corrected chi connectivity index (χ3v) is 4.37. The second-order valence-corrected chi connectivity index (χ2v) is 6.41. The number of anilines is 1. The van der Waals surface area contributed by atoms with Crippen molar-refractivity contribution in [2.75, 3.05) is 26.1 Å². The van der Waals surface area contributed by atoms with Gasteiger partial charge in [-0.3, -0.25) is 9.89 Å². The van der Waals surface area contributed by atoms with E-state index in [1.54, 1.807) is 32.4 Å². The van der Waals surface area contributed by atoms with Gasteiger partial charge in [0.05, 0.1) is 20.8 Å². The average molecular weight is 395 g/mol. The lowest BCUT2D eigenvalue weighted by molar-refractivity contribution is 0.102. The van der Waals surface area contributed by atoms with Crippen molar-refractivity contribution in [2.24, 2.45) is 0 Å². The molecule has 0 atom stereocenters. The maximum absolute atomic E-state index is 12.5. The van der Waals surface area contributed by atoms with E-state index in [-0.39, 0.29) is 5.91 Å². The number of amides is 1. The Labute approximate surface area is 170 Å². The highest BCUT2D eigenvalue weighted by Gasteiger charge is 2.10. The molecule has 152 valence electrons. The minimum Gasteiger partial charge on any atom is -0.497 e. The summed E-state index contributed by atoms with van der Waals surface area (Å²) in [5.74, 6) is 2.42. The molecule has 7 nitrogen and oxygen atoms in total. The largest absolute Gasteiger partial charge is 0.497 e. The van der Waals surface area contributed by atoms with Crippen LogP contribution in [0.4, 0.5) is 5.82 Å². The van der Waals surface area contributed by atoms with E-state index in [1.807, 2.05) is 37.3 Å². The van der Waals surface area contributed by atoms with E-state index in [0.29, 0.717) is 23.7 Å². The Morgan fingerprint density at radius 1 is 1.00 bits per heavy atom. The topological polar surface area (TPSA) is 85.5 Å². The van der Waals surface area contributed by atoms with Crippen LogP contribution < -0.4 is 19.5 Å². The number of aromatic amines is 1. The molecular formula is C22H25N3O4. The molecule has 2 aromatic carbocycles. The monoisotopic (exact) mass is 395 g/mol. The first-order valence-corrected chi connectivity index (χ1v) is 9.41. The van der Waals surface area contributed by atoms with Crippen LogP contribution in [0.2, 0.25) is 0 Å². The molecule has 1 aromatic heterocycles. The molecule has 0 aliphatic heterocycles. The fourth-order valence-corrected chi connectivity index (χ4v) is 2.93. The molecule has 0 fully saturated rings. The highest BCUT2D eigenvalue weighted by atomic mass is 16.5. The third-order valence-electron chi connectivity index (χ3n) is 4.37. The summed E-state index contributed by atoms with van der Waals surface area (Å²) < 4.78 is 16.1. The summed E-state index contributed by atoms with van der Waals surface area (Å²) in [6, 6.07) is 14.7. The number of aromatic nitrogens is 2. The van der Waals surface area contributed by atoms with E-state index < -0.39 is 0 Å². The van der Waals surface area contributed by atoms with E-state index >= 15 is 0 Å².